The van der Waals surface area contributed by atoms with E-state index in [1.165, 1.54) is 11.0 Å². The molecule has 0 aliphatic carbocycles. The summed E-state index contributed by atoms with van der Waals surface area (Å²) in [4.78, 5) is 24.6. The minimum atomic E-state index is -4.41. The molecule has 1 aromatic carbocycles. The molecule has 0 aromatic heterocycles. The molecule has 0 radical (unpaired) electrons. The number of rotatable bonds is 4. The van der Waals surface area contributed by atoms with Crippen molar-refractivity contribution >= 4 is 11.9 Å². The predicted molar refractivity (Wildman–Crippen MR) is 76.8 cm³/mol. The summed E-state index contributed by atoms with van der Waals surface area (Å²) >= 11 is 0. The van der Waals surface area contributed by atoms with Crippen molar-refractivity contribution in [2.45, 2.75) is 31.9 Å². The van der Waals surface area contributed by atoms with E-state index in [1.54, 1.807) is 13.0 Å². The van der Waals surface area contributed by atoms with E-state index in [1.807, 2.05) is 0 Å². The zero-order valence-corrected chi connectivity index (χ0v) is 12.6. The number of carbonyl (C=O) groups is 2. The predicted octanol–water partition coefficient (Wildman–Crippen LogP) is 3.13. The van der Waals surface area contributed by atoms with Crippen molar-refractivity contribution in [1.29, 1.82) is 0 Å². The molecule has 1 saturated heterocycles. The van der Waals surface area contributed by atoms with Crippen LogP contribution in [-0.4, -0.2) is 35.0 Å². The number of benzene rings is 1. The molecule has 1 N–H and O–H groups in total. The SMILES string of the molecule is C[C@@H](CC(=O)N1CC[C@@H](C(=O)O)C1)c1cccc(C(F)(F)F)c1. The fourth-order valence-electron chi connectivity index (χ4n) is 2.72. The summed E-state index contributed by atoms with van der Waals surface area (Å²) in [7, 11) is 0. The van der Waals surface area contributed by atoms with Crippen molar-refractivity contribution in [3.63, 3.8) is 0 Å². The van der Waals surface area contributed by atoms with Gasteiger partial charge in [-0.15, -0.1) is 0 Å². The Hall–Kier alpha value is -2.05. The van der Waals surface area contributed by atoms with Crippen LogP contribution in [-0.2, 0) is 15.8 Å². The Morgan fingerprint density at radius 1 is 1.39 bits per heavy atom. The number of hydrogen-bond donors (Lipinski definition) is 1. The molecule has 1 aliphatic heterocycles. The van der Waals surface area contributed by atoms with Crippen LogP contribution in [0.15, 0.2) is 24.3 Å². The van der Waals surface area contributed by atoms with Gasteiger partial charge in [0, 0.05) is 19.5 Å². The van der Waals surface area contributed by atoms with Crippen LogP contribution in [0.2, 0.25) is 0 Å². The van der Waals surface area contributed by atoms with Crippen molar-refractivity contribution < 1.29 is 27.9 Å². The molecule has 1 aliphatic rings. The maximum atomic E-state index is 12.7. The molecule has 0 saturated carbocycles. The molecule has 7 heteroatoms. The number of carboxylic acid groups (broad SMARTS) is 1. The van der Waals surface area contributed by atoms with Gasteiger partial charge in [0.15, 0.2) is 0 Å². The molecule has 4 nitrogen and oxygen atoms in total. The molecular weight excluding hydrogens is 311 g/mol. The number of alkyl halides is 3. The minimum Gasteiger partial charge on any atom is -0.481 e. The number of aliphatic carboxylic acids is 1. The number of amides is 1. The highest BCUT2D eigenvalue weighted by Crippen LogP contribution is 2.32. The average Bonchev–Trinajstić information content (AvgIpc) is 2.96. The van der Waals surface area contributed by atoms with E-state index in [2.05, 4.69) is 0 Å². The summed E-state index contributed by atoms with van der Waals surface area (Å²) in [5, 5.41) is 8.93. The Morgan fingerprint density at radius 3 is 2.65 bits per heavy atom. The fourth-order valence-corrected chi connectivity index (χ4v) is 2.72. The van der Waals surface area contributed by atoms with E-state index in [0.29, 0.717) is 18.5 Å². The Balaban J connectivity index is 2.01. The third kappa shape index (κ3) is 4.24. The normalized spacial score (nSPS) is 19.7. The van der Waals surface area contributed by atoms with Gasteiger partial charge >= 0.3 is 12.1 Å². The van der Waals surface area contributed by atoms with Crippen molar-refractivity contribution in [2.24, 2.45) is 5.92 Å². The fraction of sp³-hybridized carbons (Fsp3) is 0.500. The first-order chi connectivity index (χ1) is 10.7. The van der Waals surface area contributed by atoms with Crippen LogP contribution in [0, 0.1) is 5.92 Å². The maximum absolute atomic E-state index is 12.7. The summed E-state index contributed by atoms with van der Waals surface area (Å²) in [6.07, 6.45) is -3.93. The van der Waals surface area contributed by atoms with Crippen molar-refractivity contribution in [2.75, 3.05) is 13.1 Å². The molecule has 126 valence electrons. The molecule has 0 bridgehead atoms. The Bertz CT molecular complexity index is 600. The molecular formula is C16H18F3NO3. The number of hydrogen-bond acceptors (Lipinski definition) is 2. The van der Waals surface area contributed by atoms with E-state index in [4.69, 9.17) is 5.11 Å². The molecule has 0 spiro atoms. The lowest BCUT2D eigenvalue weighted by Crippen LogP contribution is -2.30. The van der Waals surface area contributed by atoms with Crippen LogP contribution in [0.4, 0.5) is 13.2 Å². The van der Waals surface area contributed by atoms with E-state index in [0.717, 1.165) is 12.1 Å². The third-order valence-electron chi connectivity index (χ3n) is 4.15. The molecule has 1 amide bonds. The van der Waals surface area contributed by atoms with Gasteiger partial charge in [0.25, 0.3) is 0 Å². The summed E-state index contributed by atoms with van der Waals surface area (Å²) in [6.45, 7) is 2.24. The lowest BCUT2D eigenvalue weighted by atomic mass is 9.95. The van der Waals surface area contributed by atoms with Crippen LogP contribution in [0.25, 0.3) is 0 Å². The van der Waals surface area contributed by atoms with Crippen LogP contribution in [0.5, 0.6) is 0 Å². The Kier molecular flexibility index (Phi) is 4.97. The quantitative estimate of drug-likeness (QED) is 0.923. The molecule has 1 fully saturated rings. The van der Waals surface area contributed by atoms with Crippen molar-refractivity contribution in [1.82, 2.24) is 4.90 Å². The second kappa shape index (κ2) is 6.60. The zero-order chi connectivity index (χ0) is 17.2. The monoisotopic (exact) mass is 329 g/mol. The van der Waals surface area contributed by atoms with E-state index >= 15 is 0 Å². The molecule has 23 heavy (non-hydrogen) atoms. The average molecular weight is 329 g/mol. The summed E-state index contributed by atoms with van der Waals surface area (Å²) in [5.74, 6) is -2.07. The van der Waals surface area contributed by atoms with Crippen LogP contribution >= 0.6 is 0 Å². The summed E-state index contributed by atoms with van der Waals surface area (Å²) < 4.78 is 38.2. The number of likely N-dealkylation sites (tertiary alicyclic amines) is 1. The smallest absolute Gasteiger partial charge is 0.416 e. The lowest BCUT2D eigenvalue weighted by Gasteiger charge is -2.19. The highest BCUT2D eigenvalue weighted by atomic mass is 19.4. The number of nitrogens with zero attached hydrogens (tertiary/aromatic N) is 1. The highest BCUT2D eigenvalue weighted by molar-refractivity contribution is 5.79. The van der Waals surface area contributed by atoms with Gasteiger partial charge in [-0.25, -0.2) is 0 Å². The zero-order valence-electron chi connectivity index (χ0n) is 12.6. The van der Waals surface area contributed by atoms with Gasteiger partial charge in [-0.3, -0.25) is 9.59 Å². The van der Waals surface area contributed by atoms with E-state index in [9.17, 15) is 22.8 Å². The van der Waals surface area contributed by atoms with Gasteiger partial charge in [-0.05, 0) is 24.0 Å². The number of halogens is 3. The van der Waals surface area contributed by atoms with Crippen LogP contribution in [0.3, 0.4) is 0 Å². The number of carboxylic acids is 1. The molecule has 1 aromatic rings. The Labute approximate surface area is 131 Å². The molecule has 1 heterocycles. The second-order valence-electron chi connectivity index (χ2n) is 5.89. The first-order valence-electron chi connectivity index (χ1n) is 7.36. The maximum Gasteiger partial charge on any atom is 0.416 e. The topological polar surface area (TPSA) is 57.6 Å². The van der Waals surface area contributed by atoms with E-state index < -0.39 is 23.6 Å². The summed E-state index contributed by atoms with van der Waals surface area (Å²) in [5.41, 5.74) is -0.288. The van der Waals surface area contributed by atoms with Crippen LogP contribution < -0.4 is 0 Å². The van der Waals surface area contributed by atoms with Crippen molar-refractivity contribution in [3.8, 4) is 0 Å². The molecule has 0 unspecified atom stereocenters. The lowest BCUT2D eigenvalue weighted by molar-refractivity contribution is -0.141. The second-order valence-corrected chi connectivity index (χ2v) is 5.89. The third-order valence-corrected chi connectivity index (χ3v) is 4.15. The largest absolute Gasteiger partial charge is 0.481 e. The molecule has 2 atom stereocenters. The summed E-state index contributed by atoms with van der Waals surface area (Å²) in [6, 6.07) is 4.95. The van der Waals surface area contributed by atoms with Gasteiger partial charge in [-0.1, -0.05) is 25.1 Å². The molecule has 2 rings (SSSR count). The van der Waals surface area contributed by atoms with Crippen LogP contribution in [0.1, 0.15) is 36.8 Å². The minimum absolute atomic E-state index is 0.0631. The van der Waals surface area contributed by atoms with Crippen molar-refractivity contribution in [3.05, 3.63) is 35.4 Å². The number of carbonyl (C=O) groups excluding carboxylic acids is 1. The van der Waals surface area contributed by atoms with Gasteiger partial charge in [0.1, 0.15) is 0 Å². The van der Waals surface area contributed by atoms with Gasteiger partial charge < -0.3 is 10.0 Å². The van der Waals surface area contributed by atoms with Gasteiger partial charge in [0.05, 0.1) is 11.5 Å². The highest BCUT2D eigenvalue weighted by Gasteiger charge is 2.32. The Morgan fingerprint density at radius 2 is 2.09 bits per heavy atom. The standard InChI is InChI=1S/C16H18F3NO3/c1-10(11-3-2-4-13(8-11)16(17,18)19)7-14(21)20-6-5-12(9-20)15(22)23/h2-4,8,10,12H,5-7,9H2,1H3,(H,22,23)/t10-,12+/m0/s1. The van der Waals surface area contributed by atoms with Gasteiger partial charge in [-0.2, -0.15) is 13.2 Å². The van der Waals surface area contributed by atoms with E-state index in [-0.39, 0.29) is 24.8 Å². The van der Waals surface area contributed by atoms with Gasteiger partial charge in [0.2, 0.25) is 5.91 Å². The first kappa shape index (κ1) is 17.3. The first-order valence-corrected chi connectivity index (χ1v) is 7.36.